The van der Waals surface area contributed by atoms with Crippen LogP contribution in [0, 0.1) is 0 Å². The van der Waals surface area contributed by atoms with Crippen molar-refractivity contribution in [2.75, 3.05) is 19.8 Å². The van der Waals surface area contributed by atoms with Crippen molar-refractivity contribution in [2.24, 2.45) is 0 Å². The van der Waals surface area contributed by atoms with E-state index >= 15 is 0 Å². The van der Waals surface area contributed by atoms with Crippen molar-refractivity contribution in [1.29, 1.82) is 0 Å². The van der Waals surface area contributed by atoms with E-state index in [-0.39, 0.29) is 12.1 Å². The van der Waals surface area contributed by atoms with Crippen LogP contribution in [0.3, 0.4) is 0 Å². The van der Waals surface area contributed by atoms with Crippen molar-refractivity contribution in [3.8, 4) is 0 Å². The first-order chi connectivity index (χ1) is 14.1. The molecule has 5 nitrogen and oxygen atoms in total. The predicted molar refractivity (Wildman–Crippen MR) is 122 cm³/mol. The molecular weight excluding hydrogens is 384 g/mol. The van der Waals surface area contributed by atoms with E-state index in [1.807, 2.05) is 0 Å². The fourth-order valence-corrected chi connectivity index (χ4v) is 5.62. The highest BCUT2D eigenvalue weighted by molar-refractivity contribution is 6.60. The van der Waals surface area contributed by atoms with Crippen LogP contribution in [-0.2, 0) is 22.8 Å². The number of carbonyl (C=O) groups excluding carboxylic acids is 1. The lowest BCUT2D eigenvalue weighted by Gasteiger charge is -2.31. The Morgan fingerprint density at radius 2 is 1.28 bits per heavy atom. The molecule has 0 saturated carbocycles. The van der Waals surface area contributed by atoms with Gasteiger partial charge in [-0.15, -0.1) is 0 Å². The maximum atomic E-state index is 11.8. The SMILES string of the molecule is C=CC(=O)OC(CCCCC)CC[Si](OCCCC)(OCCCC)OCCCC. The molecule has 0 fully saturated rings. The zero-order valence-electron chi connectivity index (χ0n) is 19.5. The van der Waals surface area contributed by atoms with Gasteiger partial charge in [-0.2, -0.15) is 0 Å². The first-order valence-corrected chi connectivity index (χ1v) is 13.7. The predicted octanol–water partition coefficient (Wildman–Crippen LogP) is 6.44. The topological polar surface area (TPSA) is 54.0 Å². The summed E-state index contributed by atoms with van der Waals surface area (Å²) >= 11 is 0. The number of esters is 1. The van der Waals surface area contributed by atoms with Crippen molar-refractivity contribution in [3.63, 3.8) is 0 Å². The fraction of sp³-hybridized carbons (Fsp3) is 0.870. The minimum Gasteiger partial charge on any atom is -0.459 e. The van der Waals surface area contributed by atoms with Gasteiger partial charge in [0.2, 0.25) is 0 Å². The molecule has 0 bridgehead atoms. The molecule has 1 unspecified atom stereocenters. The monoisotopic (exact) mass is 430 g/mol. The normalized spacial score (nSPS) is 12.7. The molecule has 0 aliphatic rings. The standard InChI is InChI=1S/C23H46O5Si/c1-6-11-15-16-22(28-23(24)10-5)17-21-29(25-18-12-7-2,26-19-13-8-3)27-20-14-9-4/h10,22H,5-9,11-21H2,1-4H3. The highest BCUT2D eigenvalue weighted by Crippen LogP contribution is 2.24. The Bertz CT molecular complexity index is 376. The van der Waals surface area contributed by atoms with Crippen LogP contribution in [0.15, 0.2) is 12.7 Å². The van der Waals surface area contributed by atoms with Gasteiger partial charge >= 0.3 is 14.8 Å². The Kier molecular flexibility index (Phi) is 18.8. The van der Waals surface area contributed by atoms with Crippen LogP contribution >= 0.6 is 0 Å². The van der Waals surface area contributed by atoms with E-state index in [1.165, 1.54) is 6.08 Å². The van der Waals surface area contributed by atoms with Gasteiger partial charge in [-0.05, 0) is 38.5 Å². The molecule has 0 radical (unpaired) electrons. The highest BCUT2D eigenvalue weighted by atomic mass is 28.4. The Labute approximate surface area is 180 Å². The third kappa shape index (κ3) is 14.9. The lowest BCUT2D eigenvalue weighted by Crippen LogP contribution is -2.47. The Morgan fingerprint density at radius 3 is 1.69 bits per heavy atom. The summed E-state index contributed by atoms with van der Waals surface area (Å²) in [4.78, 5) is 11.8. The van der Waals surface area contributed by atoms with Gasteiger partial charge in [0.1, 0.15) is 6.10 Å². The summed E-state index contributed by atoms with van der Waals surface area (Å²) in [5.74, 6) is -0.357. The second kappa shape index (κ2) is 19.3. The summed E-state index contributed by atoms with van der Waals surface area (Å²) in [6.07, 6.45) is 12.2. The third-order valence-corrected chi connectivity index (χ3v) is 7.64. The third-order valence-electron chi connectivity index (χ3n) is 4.81. The van der Waals surface area contributed by atoms with E-state index in [2.05, 4.69) is 34.3 Å². The number of ether oxygens (including phenoxy) is 1. The minimum absolute atomic E-state index is 0.141. The molecule has 1 atom stereocenters. The van der Waals surface area contributed by atoms with Crippen LogP contribution < -0.4 is 0 Å². The highest BCUT2D eigenvalue weighted by Gasteiger charge is 2.41. The summed E-state index contributed by atoms with van der Waals surface area (Å²) in [6, 6.07) is 0.686. The zero-order valence-corrected chi connectivity index (χ0v) is 20.5. The molecule has 0 spiro atoms. The zero-order chi connectivity index (χ0) is 21.8. The Morgan fingerprint density at radius 1 is 0.793 bits per heavy atom. The largest absolute Gasteiger partial charge is 0.501 e. The van der Waals surface area contributed by atoms with Crippen molar-refractivity contribution in [2.45, 2.75) is 110 Å². The number of unbranched alkanes of at least 4 members (excludes halogenated alkanes) is 5. The van der Waals surface area contributed by atoms with E-state index in [9.17, 15) is 4.79 Å². The second-order valence-electron chi connectivity index (χ2n) is 7.59. The molecule has 172 valence electrons. The summed E-state index contributed by atoms with van der Waals surface area (Å²) in [5, 5.41) is 0. The second-order valence-corrected chi connectivity index (χ2v) is 10.3. The molecular formula is C23H46O5Si. The average Bonchev–Trinajstić information content (AvgIpc) is 2.72. The maximum absolute atomic E-state index is 11.8. The van der Waals surface area contributed by atoms with Gasteiger partial charge in [0.05, 0.1) is 0 Å². The van der Waals surface area contributed by atoms with Crippen molar-refractivity contribution < 1.29 is 22.8 Å². The van der Waals surface area contributed by atoms with E-state index in [0.29, 0.717) is 32.3 Å². The smallest absolute Gasteiger partial charge is 0.459 e. The van der Waals surface area contributed by atoms with Gasteiger partial charge in [-0.3, -0.25) is 0 Å². The van der Waals surface area contributed by atoms with Crippen molar-refractivity contribution in [1.82, 2.24) is 0 Å². The average molecular weight is 431 g/mol. The van der Waals surface area contributed by atoms with Gasteiger partial charge in [0.15, 0.2) is 0 Å². The molecule has 6 heteroatoms. The first kappa shape index (κ1) is 28.3. The summed E-state index contributed by atoms with van der Waals surface area (Å²) < 4.78 is 24.5. The number of carbonyl (C=O) groups is 1. The molecule has 0 rings (SSSR count). The number of hydrogen-bond donors (Lipinski definition) is 0. The van der Waals surface area contributed by atoms with Gasteiger partial charge in [-0.1, -0.05) is 66.4 Å². The molecule has 0 aromatic carbocycles. The Balaban J connectivity index is 5.14. The molecule has 0 aliphatic carbocycles. The van der Waals surface area contributed by atoms with Crippen LogP contribution in [0.25, 0.3) is 0 Å². The molecule has 29 heavy (non-hydrogen) atoms. The Hall–Kier alpha value is -0.693. The van der Waals surface area contributed by atoms with E-state index in [1.54, 1.807) is 0 Å². The van der Waals surface area contributed by atoms with Crippen LogP contribution in [0.5, 0.6) is 0 Å². The van der Waals surface area contributed by atoms with E-state index < -0.39 is 8.80 Å². The molecule has 0 heterocycles. The number of rotatable bonds is 21. The maximum Gasteiger partial charge on any atom is 0.501 e. The van der Waals surface area contributed by atoms with Crippen LogP contribution in [0.4, 0.5) is 0 Å². The lowest BCUT2D eigenvalue weighted by atomic mass is 10.1. The summed E-state index contributed by atoms with van der Waals surface area (Å²) in [5.41, 5.74) is 0. The van der Waals surface area contributed by atoms with Crippen molar-refractivity contribution in [3.05, 3.63) is 12.7 Å². The van der Waals surface area contributed by atoms with E-state index in [4.69, 9.17) is 18.0 Å². The molecule has 0 aromatic rings. The number of hydrogen-bond acceptors (Lipinski definition) is 5. The quantitative estimate of drug-likeness (QED) is 0.0907. The van der Waals surface area contributed by atoms with Crippen LogP contribution in [-0.4, -0.2) is 40.7 Å². The molecule has 0 aromatic heterocycles. The van der Waals surface area contributed by atoms with Crippen molar-refractivity contribution >= 4 is 14.8 Å². The lowest BCUT2D eigenvalue weighted by molar-refractivity contribution is -0.143. The summed E-state index contributed by atoms with van der Waals surface area (Å²) in [7, 11) is -2.80. The van der Waals surface area contributed by atoms with Gasteiger partial charge < -0.3 is 18.0 Å². The molecule has 0 aliphatic heterocycles. The van der Waals surface area contributed by atoms with Crippen LogP contribution in [0.2, 0.25) is 6.04 Å². The molecule has 0 saturated heterocycles. The summed E-state index contributed by atoms with van der Waals surface area (Å²) in [6.45, 7) is 14.1. The van der Waals surface area contributed by atoms with Gasteiger partial charge in [0, 0.05) is 31.9 Å². The fourth-order valence-electron chi connectivity index (χ4n) is 2.89. The minimum atomic E-state index is -2.80. The van der Waals surface area contributed by atoms with E-state index in [0.717, 1.165) is 64.2 Å². The van der Waals surface area contributed by atoms with Gasteiger partial charge in [-0.25, -0.2) is 4.79 Å². The molecule has 0 amide bonds. The van der Waals surface area contributed by atoms with Crippen LogP contribution in [0.1, 0.15) is 98.3 Å². The van der Waals surface area contributed by atoms with Gasteiger partial charge in [0.25, 0.3) is 0 Å². The first-order valence-electron chi connectivity index (χ1n) is 11.8. The molecule has 0 N–H and O–H groups in total.